The molecule has 0 saturated carbocycles. The zero-order valence-corrected chi connectivity index (χ0v) is 14.9. The van der Waals surface area contributed by atoms with Crippen LogP contribution in [-0.2, 0) is 6.54 Å². The van der Waals surface area contributed by atoms with Crippen molar-refractivity contribution in [2.75, 3.05) is 5.32 Å². The highest BCUT2D eigenvalue weighted by Gasteiger charge is 2.07. The van der Waals surface area contributed by atoms with E-state index in [4.69, 9.17) is 5.11 Å². The van der Waals surface area contributed by atoms with Crippen molar-refractivity contribution >= 4 is 22.6 Å². The highest BCUT2D eigenvalue weighted by Crippen LogP contribution is 2.26. The van der Waals surface area contributed by atoms with Gasteiger partial charge in [0.05, 0.1) is 17.3 Å². The standard InChI is InChI=1S/C22H19N3O2/c1-14-2-3-15(10-20(14)16-4-6-17(7-5-16)22(26)27)12-23-19-9-8-18-13-24-25-21(18)11-19/h2-11,13,23H,12H2,1H3,(H,24,25)(H,26,27). The summed E-state index contributed by atoms with van der Waals surface area (Å²) >= 11 is 0. The van der Waals surface area contributed by atoms with Crippen molar-refractivity contribution in [2.24, 2.45) is 0 Å². The Morgan fingerprint density at radius 1 is 1.07 bits per heavy atom. The van der Waals surface area contributed by atoms with Crippen LogP contribution in [0.4, 0.5) is 5.69 Å². The zero-order valence-electron chi connectivity index (χ0n) is 14.9. The van der Waals surface area contributed by atoms with Gasteiger partial charge in [-0.1, -0.05) is 24.3 Å². The van der Waals surface area contributed by atoms with Crippen LogP contribution < -0.4 is 5.32 Å². The van der Waals surface area contributed by atoms with Gasteiger partial charge in [0.2, 0.25) is 0 Å². The van der Waals surface area contributed by atoms with Gasteiger partial charge < -0.3 is 10.4 Å². The van der Waals surface area contributed by atoms with Gasteiger partial charge in [0, 0.05) is 17.6 Å². The molecule has 0 aliphatic rings. The Hall–Kier alpha value is -3.60. The maximum absolute atomic E-state index is 11.0. The van der Waals surface area contributed by atoms with Crippen LogP contribution in [0.1, 0.15) is 21.5 Å². The number of hydrogen-bond acceptors (Lipinski definition) is 3. The number of anilines is 1. The first-order valence-electron chi connectivity index (χ1n) is 8.70. The molecule has 0 bridgehead atoms. The highest BCUT2D eigenvalue weighted by molar-refractivity contribution is 5.88. The summed E-state index contributed by atoms with van der Waals surface area (Å²) in [5.41, 5.74) is 6.75. The van der Waals surface area contributed by atoms with Gasteiger partial charge in [-0.05, 0) is 65.6 Å². The molecular formula is C22H19N3O2. The van der Waals surface area contributed by atoms with Crippen LogP contribution in [0.2, 0.25) is 0 Å². The van der Waals surface area contributed by atoms with Crippen LogP contribution in [0.3, 0.4) is 0 Å². The smallest absolute Gasteiger partial charge is 0.335 e. The summed E-state index contributed by atoms with van der Waals surface area (Å²) in [6, 6.07) is 19.5. The van der Waals surface area contributed by atoms with Crippen LogP contribution in [-0.4, -0.2) is 21.3 Å². The molecule has 0 radical (unpaired) electrons. The lowest BCUT2D eigenvalue weighted by Crippen LogP contribution is -2.00. The number of nitrogens with zero attached hydrogens (tertiary/aromatic N) is 1. The molecule has 0 amide bonds. The van der Waals surface area contributed by atoms with Crippen molar-refractivity contribution in [2.45, 2.75) is 13.5 Å². The van der Waals surface area contributed by atoms with E-state index in [0.717, 1.165) is 38.8 Å². The molecule has 5 nitrogen and oxygen atoms in total. The van der Waals surface area contributed by atoms with Crippen LogP contribution in [0.15, 0.2) is 66.9 Å². The number of aromatic nitrogens is 2. The molecular weight excluding hydrogens is 338 g/mol. The van der Waals surface area contributed by atoms with Gasteiger partial charge in [-0.2, -0.15) is 5.10 Å². The number of H-pyrrole nitrogens is 1. The van der Waals surface area contributed by atoms with Crippen LogP contribution in [0.25, 0.3) is 22.0 Å². The topological polar surface area (TPSA) is 78.0 Å². The van der Waals surface area contributed by atoms with Crippen LogP contribution in [0.5, 0.6) is 0 Å². The van der Waals surface area contributed by atoms with Gasteiger partial charge in [-0.3, -0.25) is 5.10 Å². The number of carboxylic acid groups (broad SMARTS) is 1. The number of aryl methyl sites for hydroxylation is 1. The van der Waals surface area contributed by atoms with Gasteiger partial charge in [0.25, 0.3) is 0 Å². The Balaban J connectivity index is 1.55. The van der Waals surface area contributed by atoms with Crippen molar-refractivity contribution in [3.8, 4) is 11.1 Å². The Morgan fingerprint density at radius 2 is 1.89 bits per heavy atom. The summed E-state index contributed by atoms with van der Waals surface area (Å²) in [7, 11) is 0. The van der Waals surface area contributed by atoms with Crippen molar-refractivity contribution in [1.82, 2.24) is 10.2 Å². The van der Waals surface area contributed by atoms with Gasteiger partial charge >= 0.3 is 5.97 Å². The number of carbonyl (C=O) groups is 1. The van der Waals surface area contributed by atoms with Gasteiger partial charge in [0.15, 0.2) is 0 Å². The number of benzene rings is 3. The SMILES string of the molecule is Cc1ccc(CNc2ccc3cn[nH]c3c2)cc1-c1ccc(C(=O)O)cc1. The normalized spacial score (nSPS) is 10.9. The molecule has 0 spiro atoms. The predicted molar refractivity (Wildman–Crippen MR) is 107 cm³/mol. The molecule has 0 atom stereocenters. The second-order valence-corrected chi connectivity index (χ2v) is 6.56. The number of nitrogens with one attached hydrogen (secondary N) is 2. The fraction of sp³-hybridized carbons (Fsp3) is 0.0909. The van der Waals surface area contributed by atoms with E-state index < -0.39 is 5.97 Å². The maximum Gasteiger partial charge on any atom is 0.335 e. The summed E-state index contributed by atoms with van der Waals surface area (Å²) in [6.07, 6.45) is 1.81. The average Bonchev–Trinajstić information content (AvgIpc) is 3.15. The lowest BCUT2D eigenvalue weighted by atomic mass is 9.97. The van der Waals surface area contributed by atoms with Gasteiger partial charge in [-0.25, -0.2) is 4.79 Å². The number of aromatic carboxylic acids is 1. The number of hydrogen-bond donors (Lipinski definition) is 3. The van der Waals surface area contributed by atoms with Crippen molar-refractivity contribution in [3.63, 3.8) is 0 Å². The Kier molecular flexibility index (Phi) is 4.34. The fourth-order valence-corrected chi connectivity index (χ4v) is 3.13. The third-order valence-electron chi connectivity index (χ3n) is 4.68. The first-order valence-corrected chi connectivity index (χ1v) is 8.70. The van der Waals surface area contributed by atoms with Crippen molar-refractivity contribution in [3.05, 3.63) is 83.6 Å². The molecule has 1 aromatic heterocycles. The largest absolute Gasteiger partial charge is 0.478 e. The van der Waals surface area contributed by atoms with E-state index in [1.54, 1.807) is 18.3 Å². The van der Waals surface area contributed by atoms with E-state index in [0.29, 0.717) is 12.1 Å². The molecule has 0 fully saturated rings. The minimum absolute atomic E-state index is 0.295. The molecule has 134 valence electrons. The van der Waals surface area contributed by atoms with E-state index in [9.17, 15) is 4.79 Å². The third kappa shape index (κ3) is 3.53. The molecule has 4 rings (SSSR count). The van der Waals surface area contributed by atoms with Gasteiger partial charge in [0.1, 0.15) is 0 Å². The second-order valence-electron chi connectivity index (χ2n) is 6.56. The molecule has 4 aromatic rings. The summed E-state index contributed by atoms with van der Waals surface area (Å²) < 4.78 is 0. The summed E-state index contributed by atoms with van der Waals surface area (Å²) in [4.78, 5) is 11.0. The molecule has 0 aliphatic heterocycles. The Labute approximate surface area is 156 Å². The molecule has 0 saturated heterocycles. The molecule has 3 N–H and O–H groups in total. The Bertz CT molecular complexity index is 1110. The van der Waals surface area contributed by atoms with Crippen LogP contribution in [0, 0.1) is 6.92 Å². The van der Waals surface area contributed by atoms with E-state index in [-0.39, 0.29) is 0 Å². The minimum Gasteiger partial charge on any atom is -0.478 e. The number of carboxylic acids is 1. The van der Waals surface area contributed by atoms with E-state index >= 15 is 0 Å². The third-order valence-corrected chi connectivity index (χ3v) is 4.68. The molecule has 0 aliphatic carbocycles. The van der Waals surface area contributed by atoms with Gasteiger partial charge in [-0.15, -0.1) is 0 Å². The van der Waals surface area contributed by atoms with E-state index in [1.165, 1.54) is 0 Å². The van der Waals surface area contributed by atoms with Crippen molar-refractivity contribution < 1.29 is 9.90 Å². The van der Waals surface area contributed by atoms with E-state index in [1.807, 2.05) is 30.3 Å². The van der Waals surface area contributed by atoms with Crippen LogP contribution >= 0.6 is 0 Å². The molecule has 3 aromatic carbocycles. The monoisotopic (exact) mass is 357 g/mol. The zero-order chi connectivity index (χ0) is 18.8. The molecule has 27 heavy (non-hydrogen) atoms. The maximum atomic E-state index is 11.0. The quantitative estimate of drug-likeness (QED) is 0.477. The highest BCUT2D eigenvalue weighted by atomic mass is 16.4. The van der Waals surface area contributed by atoms with E-state index in [2.05, 4.69) is 40.6 Å². The fourth-order valence-electron chi connectivity index (χ4n) is 3.13. The second kappa shape index (κ2) is 6.96. The number of rotatable bonds is 5. The minimum atomic E-state index is -0.912. The first kappa shape index (κ1) is 16.8. The van der Waals surface area contributed by atoms with Crippen molar-refractivity contribution in [1.29, 1.82) is 0 Å². The number of aromatic amines is 1. The molecule has 0 unspecified atom stereocenters. The lowest BCUT2D eigenvalue weighted by molar-refractivity contribution is 0.0697. The summed E-state index contributed by atoms with van der Waals surface area (Å²) in [6.45, 7) is 2.75. The average molecular weight is 357 g/mol. The lowest BCUT2D eigenvalue weighted by Gasteiger charge is -2.11. The summed E-state index contributed by atoms with van der Waals surface area (Å²) in [5.74, 6) is -0.912. The summed E-state index contributed by atoms with van der Waals surface area (Å²) in [5, 5.41) is 20.6. The number of fused-ring (bicyclic) bond motifs is 1. The molecule has 1 heterocycles. The predicted octanol–water partition coefficient (Wildman–Crippen LogP) is 4.85. The molecule has 5 heteroatoms. The first-order chi connectivity index (χ1) is 13.1. The Morgan fingerprint density at radius 3 is 2.67 bits per heavy atom.